The highest BCUT2D eigenvalue weighted by molar-refractivity contribution is 7.18. The number of rotatable bonds is 4. The largest absolute Gasteiger partial charge is 0.305 e. The van der Waals surface area contributed by atoms with E-state index in [9.17, 15) is 0 Å². The number of hydrogen-bond acceptors (Lipinski definition) is 2. The van der Waals surface area contributed by atoms with Crippen molar-refractivity contribution >= 4 is 27.1 Å². The summed E-state index contributed by atoms with van der Waals surface area (Å²) < 4.78 is 1.25. The van der Waals surface area contributed by atoms with Crippen LogP contribution >= 0.6 is 11.3 Å². The van der Waals surface area contributed by atoms with Crippen molar-refractivity contribution in [3.8, 4) is 0 Å². The molecule has 1 N–H and O–H groups in total. The van der Waals surface area contributed by atoms with Crippen LogP contribution in [0.2, 0.25) is 0 Å². The number of fused-ring (bicyclic) bond motifs is 1. The van der Waals surface area contributed by atoms with Gasteiger partial charge in [-0.2, -0.15) is 0 Å². The lowest BCUT2D eigenvalue weighted by molar-refractivity contribution is 1.09. The van der Waals surface area contributed by atoms with E-state index in [4.69, 9.17) is 5.41 Å². The predicted molar refractivity (Wildman–Crippen MR) is 90.4 cm³/mol. The van der Waals surface area contributed by atoms with E-state index >= 15 is 0 Å². The van der Waals surface area contributed by atoms with Gasteiger partial charge in [-0.15, -0.1) is 17.9 Å². The molecule has 1 heterocycles. The Labute approximate surface area is 124 Å². The molecule has 0 aliphatic heterocycles. The van der Waals surface area contributed by atoms with Crippen molar-refractivity contribution in [1.82, 2.24) is 0 Å². The number of aryl methyl sites for hydroxylation is 1. The van der Waals surface area contributed by atoms with Crippen molar-refractivity contribution in [3.05, 3.63) is 71.6 Å². The normalized spacial score (nSPS) is 10.1. The summed E-state index contributed by atoms with van der Waals surface area (Å²) in [5.41, 5.74) is 1.64. The van der Waals surface area contributed by atoms with Crippen LogP contribution in [0.3, 0.4) is 0 Å². The van der Waals surface area contributed by atoms with Crippen molar-refractivity contribution in [3.63, 3.8) is 0 Å². The molecule has 0 saturated carbocycles. The summed E-state index contributed by atoms with van der Waals surface area (Å²) in [6.07, 6.45) is 3.44. The Kier molecular flexibility index (Phi) is 5.08. The van der Waals surface area contributed by atoms with Gasteiger partial charge in [0.25, 0.3) is 0 Å². The van der Waals surface area contributed by atoms with Crippen LogP contribution in [0.1, 0.15) is 23.3 Å². The zero-order valence-electron chi connectivity index (χ0n) is 11.7. The zero-order chi connectivity index (χ0) is 14.4. The first-order valence-electron chi connectivity index (χ1n) is 6.73. The average Bonchev–Trinajstić information content (AvgIpc) is 2.53. The van der Waals surface area contributed by atoms with Gasteiger partial charge < -0.3 is 5.41 Å². The molecule has 0 saturated heterocycles. The molecule has 2 aromatic rings. The van der Waals surface area contributed by atoms with Crippen molar-refractivity contribution in [2.75, 3.05) is 0 Å². The Morgan fingerprint density at radius 1 is 1.15 bits per heavy atom. The maximum Gasteiger partial charge on any atom is 0.0389 e. The Morgan fingerprint density at radius 3 is 2.70 bits per heavy atom. The quantitative estimate of drug-likeness (QED) is 0.551. The summed E-state index contributed by atoms with van der Waals surface area (Å²) in [6.45, 7) is 5.82. The van der Waals surface area contributed by atoms with Crippen molar-refractivity contribution in [2.45, 2.75) is 19.8 Å². The summed E-state index contributed by atoms with van der Waals surface area (Å²) >= 11 is 1.77. The molecule has 1 aromatic heterocycles. The maximum absolute atomic E-state index is 8.17. The monoisotopic (exact) mass is 281 g/mol. The lowest BCUT2D eigenvalue weighted by Gasteiger charge is -1.99. The molecule has 0 radical (unpaired) electrons. The second-order valence-corrected chi connectivity index (χ2v) is 5.97. The average molecular weight is 281 g/mol. The van der Waals surface area contributed by atoms with Crippen LogP contribution in [0, 0.1) is 12.3 Å². The van der Waals surface area contributed by atoms with E-state index in [-0.39, 0.29) is 0 Å². The van der Waals surface area contributed by atoms with E-state index < -0.39 is 0 Å². The van der Waals surface area contributed by atoms with E-state index in [1.807, 2.05) is 24.3 Å². The molecule has 2 heteroatoms. The topological polar surface area (TPSA) is 23.9 Å². The lowest BCUT2D eigenvalue weighted by atomic mass is 10.1. The van der Waals surface area contributed by atoms with Gasteiger partial charge in [0.15, 0.2) is 0 Å². The smallest absolute Gasteiger partial charge is 0.0389 e. The van der Waals surface area contributed by atoms with Crippen LogP contribution in [0.4, 0.5) is 0 Å². The second-order valence-electron chi connectivity index (χ2n) is 4.68. The molecule has 0 aliphatic carbocycles. The van der Waals surface area contributed by atoms with Crippen molar-refractivity contribution in [2.24, 2.45) is 0 Å². The number of allylic oxidation sites excluding steroid dienone is 1. The van der Waals surface area contributed by atoms with Gasteiger partial charge >= 0.3 is 0 Å². The van der Waals surface area contributed by atoms with E-state index in [2.05, 4.69) is 43.8 Å². The van der Waals surface area contributed by atoms with E-state index in [0.29, 0.717) is 5.71 Å². The molecule has 0 bridgehead atoms. The van der Waals surface area contributed by atoms with Crippen molar-refractivity contribution < 1.29 is 0 Å². The fraction of sp³-hybridized carbons (Fsp3) is 0.167. The summed E-state index contributed by atoms with van der Waals surface area (Å²) in [7, 11) is 0. The Hall–Kier alpha value is -1.93. The fourth-order valence-corrected chi connectivity index (χ4v) is 2.84. The molecule has 102 valence electrons. The molecule has 0 amide bonds. The first kappa shape index (κ1) is 14.5. The molecular formula is C18H19NS. The Bertz CT molecular complexity index is 681. The minimum atomic E-state index is 0.662. The summed E-state index contributed by atoms with van der Waals surface area (Å²) in [5, 5.41) is 9.38. The third-order valence-corrected chi connectivity index (χ3v) is 4.13. The van der Waals surface area contributed by atoms with Crippen LogP contribution in [0.5, 0.6) is 0 Å². The van der Waals surface area contributed by atoms with Crippen LogP contribution in [0.15, 0.2) is 61.2 Å². The minimum Gasteiger partial charge on any atom is -0.305 e. The van der Waals surface area contributed by atoms with Gasteiger partial charge in [-0.1, -0.05) is 42.5 Å². The molecule has 2 rings (SSSR count). The van der Waals surface area contributed by atoms with Crippen LogP contribution in [0.25, 0.3) is 10.1 Å². The van der Waals surface area contributed by atoms with Crippen molar-refractivity contribution in [1.29, 1.82) is 5.41 Å². The standard InChI is InChI=1S/C18H19NS/c1-3-4-8-17(19)15-11-10-14(2)20-18-9-6-5-7-16(18)13-12-15/h3,5-7,9-13,19H,1,4,8H2,2H3. The number of nitrogens with one attached hydrogen (secondary N) is 1. The molecule has 20 heavy (non-hydrogen) atoms. The van der Waals surface area contributed by atoms with Gasteiger partial charge in [0.1, 0.15) is 0 Å². The first-order valence-corrected chi connectivity index (χ1v) is 7.54. The summed E-state index contributed by atoms with van der Waals surface area (Å²) in [4.78, 5) is 1.23. The van der Waals surface area contributed by atoms with Gasteiger partial charge in [-0.05, 0) is 42.8 Å². The van der Waals surface area contributed by atoms with Crippen LogP contribution in [-0.2, 0) is 0 Å². The SMILES string of the molecule is C=CCCC(=N)c1ccc(C)sc2ccccc2cc1. The number of benzene rings is 1. The van der Waals surface area contributed by atoms with Gasteiger partial charge in [-0.3, -0.25) is 0 Å². The molecular weight excluding hydrogens is 262 g/mol. The van der Waals surface area contributed by atoms with Crippen LogP contribution < -0.4 is 0 Å². The third kappa shape index (κ3) is 3.78. The molecule has 1 nitrogen and oxygen atoms in total. The third-order valence-electron chi connectivity index (χ3n) is 3.08. The maximum atomic E-state index is 8.17. The predicted octanol–water partition coefficient (Wildman–Crippen LogP) is 5.67. The van der Waals surface area contributed by atoms with E-state index in [1.165, 1.54) is 15.0 Å². The Balaban J connectivity index is 2.55. The van der Waals surface area contributed by atoms with E-state index in [1.54, 1.807) is 11.3 Å². The highest BCUT2D eigenvalue weighted by Gasteiger charge is 1.98. The van der Waals surface area contributed by atoms with Gasteiger partial charge in [0.05, 0.1) is 0 Å². The fourth-order valence-electron chi connectivity index (χ4n) is 1.95. The van der Waals surface area contributed by atoms with Crippen LogP contribution in [-0.4, -0.2) is 5.71 Å². The number of hydrogen-bond donors (Lipinski definition) is 1. The van der Waals surface area contributed by atoms with Gasteiger partial charge in [-0.25, -0.2) is 0 Å². The summed E-state index contributed by atoms with van der Waals surface area (Å²) in [5.74, 6) is 0. The summed E-state index contributed by atoms with van der Waals surface area (Å²) in [6, 6.07) is 16.6. The van der Waals surface area contributed by atoms with E-state index in [0.717, 1.165) is 18.4 Å². The molecule has 1 aromatic carbocycles. The first-order chi connectivity index (χ1) is 9.70. The molecule has 0 atom stereocenters. The lowest BCUT2D eigenvalue weighted by Crippen LogP contribution is -1.96. The molecule has 0 spiro atoms. The highest BCUT2D eigenvalue weighted by atomic mass is 32.1. The minimum absolute atomic E-state index is 0.662. The zero-order valence-corrected chi connectivity index (χ0v) is 12.5. The molecule has 0 aliphatic rings. The van der Waals surface area contributed by atoms with Gasteiger partial charge in [0, 0.05) is 15.3 Å². The molecule has 0 fully saturated rings. The Morgan fingerprint density at radius 2 is 1.90 bits per heavy atom. The second kappa shape index (κ2) is 7.01. The highest BCUT2D eigenvalue weighted by Crippen LogP contribution is 2.19. The van der Waals surface area contributed by atoms with Gasteiger partial charge in [0.2, 0.25) is 0 Å². The molecule has 0 unspecified atom stereocenters.